The van der Waals surface area contributed by atoms with E-state index in [1.54, 1.807) is 0 Å². The van der Waals surface area contributed by atoms with E-state index in [1.165, 1.54) is 44.1 Å². The molecule has 0 aromatic heterocycles. The Bertz CT molecular complexity index is 990. The van der Waals surface area contributed by atoms with Crippen LogP contribution in [0.25, 0.3) is 0 Å². The fourth-order valence-corrected chi connectivity index (χ4v) is 9.18. The minimum atomic E-state index is -0.663. The second kappa shape index (κ2) is 12.2. The van der Waals surface area contributed by atoms with Gasteiger partial charge >= 0.3 is 6.85 Å². The number of benzene rings is 2. The van der Waals surface area contributed by atoms with Gasteiger partial charge in [-0.15, -0.1) is 4.67 Å². The molecule has 4 heteroatoms. The maximum Gasteiger partial charge on any atom is 0.338 e. The van der Waals surface area contributed by atoms with Crippen LogP contribution in [0.2, 0.25) is 0 Å². The molecule has 1 unspecified atom stereocenters. The topological polar surface area (TPSA) is 6.48 Å². The van der Waals surface area contributed by atoms with Gasteiger partial charge in [0.2, 0.25) is 7.70 Å². The highest BCUT2D eigenvalue weighted by molar-refractivity contribution is 7.67. The summed E-state index contributed by atoms with van der Waals surface area (Å²) in [5.41, 5.74) is 12.6. The summed E-state index contributed by atoms with van der Waals surface area (Å²) in [4.78, 5) is 2.72. The van der Waals surface area contributed by atoms with E-state index in [-0.39, 0.29) is 6.85 Å². The van der Waals surface area contributed by atoms with Crippen LogP contribution < -0.4 is 10.8 Å². The van der Waals surface area contributed by atoms with Crippen LogP contribution in [0, 0.1) is 41.5 Å². The van der Waals surface area contributed by atoms with Crippen LogP contribution in [-0.4, -0.2) is 46.2 Å². The zero-order valence-corrected chi connectivity index (χ0v) is 26.0. The molecule has 192 valence electrons. The van der Waals surface area contributed by atoms with Crippen molar-refractivity contribution in [1.82, 2.24) is 9.48 Å². The molecule has 0 saturated carbocycles. The second-order valence-electron chi connectivity index (χ2n) is 11.7. The van der Waals surface area contributed by atoms with E-state index in [4.69, 9.17) is 0 Å². The Morgan fingerprint density at radius 3 is 1.31 bits per heavy atom. The van der Waals surface area contributed by atoms with Crippen molar-refractivity contribution in [2.45, 2.75) is 121 Å². The van der Waals surface area contributed by atoms with Crippen molar-refractivity contribution < 1.29 is 0 Å². The van der Waals surface area contributed by atoms with Gasteiger partial charge in [-0.1, -0.05) is 74.2 Å². The van der Waals surface area contributed by atoms with Crippen molar-refractivity contribution in [3.05, 3.63) is 57.6 Å². The molecule has 0 N–H and O–H groups in total. The molecule has 0 saturated heterocycles. The van der Waals surface area contributed by atoms with Crippen LogP contribution in [0.1, 0.15) is 88.8 Å². The Kier molecular flexibility index (Phi) is 10.4. The van der Waals surface area contributed by atoms with E-state index in [0.29, 0.717) is 24.2 Å². The Hall–Kier alpha value is -1.41. The third-order valence-electron chi connectivity index (χ3n) is 7.00. The monoisotopic (exact) mass is 493 g/mol. The lowest BCUT2D eigenvalue weighted by molar-refractivity contribution is 0.311. The number of aryl methyl sites for hydroxylation is 6. The first-order valence-corrected chi connectivity index (χ1v) is 14.9. The van der Waals surface area contributed by atoms with Crippen molar-refractivity contribution in [1.29, 1.82) is 0 Å². The maximum absolute atomic E-state index is 2.77. The van der Waals surface area contributed by atoms with Crippen molar-refractivity contribution in [2.75, 3.05) is 0 Å². The second-order valence-corrected chi connectivity index (χ2v) is 13.6. The highest BCUT2D eigenvalue weighted by atomic mass is 31.1. The summed E-state index contributed by atoms with van der Waals surface area (Å²) >= 11 is 0. The van der Waals surface area contributed by atoms with Crippen LogP contribution >= 0.6 is 7.70 Å². The van der Waals surface area contributed by atoms with Gasteiger partial charge in [-0.3, -0.25) is 0 Å². The smallest absolute Gasteiger partial charge is 0.327 e. The van der Waals surface area contributed by atoms with Gasteiger partial charge in [0.05, 0.1) is 5.70 Å². The molecule has 2 aromatic carbocycles. The summed E-state index contributed by atoms with van der Waals surface area (Å²) in [6, 6.07) is 11.3. The van der Waals surface area contributed by atoms with Crippen LogP contribution in [0.5, 0.6) is 0 Å². The first-order chi connectivity index (χ1) is 16.2. The van der Waals surface area contributed by atoms with Crippen molar-refractivity contribution >= 4 is 31.0 Å². The zero-order chi connectivity index (χ0) is 26.8. The van der Waals surface area contributed by atoms with E-state index < -0.39 is 7.70 Å². The third kappa shape index (κ3) is 6.88. The predicted molar refractivity (Wildman–Crippen MR) is 164 cm³/mol. The lowest BCUT2D eigenvalue weighted by atomic mass is 9.52. The molecule has 0 aliphatic carbocycles. The number of nitrogens with zero attached hydrogens (tertiary/aromatic N) is 2. The van der Waals surface area contributed by atoms with Gasteiger partial charge in [-0.05, 0) is 86.8 Å². The highest BCUT2D eigenvalue weighted by Gasteiger charge is 2.39. The average molecular weight is 494 g/mol. The minimum Gasteiger partial charge on any atom is -0.327 e. The number of rotatable bonds is 9. The van der Waals surface area contributed by atoms with Gasteiger partial charge in [-0.25, -0.2) is 0 Å². The summed E-state index contributed by atoms with van der Waals surface area (Å²) in [5, 5.41) is 1.54. The predicted octanol–water partition coefficient (Wildman–Crippen LogP) is 7.04. The third-order valence-corrected chi connectivity index (χ3v) is 10.2. The Labute approximate surface area is 219 Å². The Balaban J connectivity index is 3.02. The normalized spacial score (nSPS) is 12.9. The largest absolute Gasteiger partial charge is 0.338 e. The van der Waals surface area contributed by atoms with Gasteiger partial charge in [0.1, 0.15) is 0 Å². The summed E-state index contributed by atoms with van der Waals surface area (Å²) in [6.45, 7) is 32.8. The van der Waals surface area contributed by atoms with Crippen LogP contribution in [0.4, 0.5) is 0 Å². The molecule has 0 bridgehead atoms. The summed E-state index contributed by atoms with van der Waals surface area (Å²) in [5.74, 6) is 0. The van der Waals surface area contributed by atoms with E-state index in [2.05, 4.69) is 136 Å². The van der Waals surface area contributed by atoms with E-state index in [1.807, 2.05) is 0 Å². The molecular weight excluding hydrogens is 442 g/mol. The molecule has 35 heavy (non-hydrogen) atoms. The first-order valence-electron chi connectivity index (χ1n) is 13.5. The lowest BCUT2D eigenvalue weighted by Gasteiger charge is -2.36. The van der Waals surface area contributed by atoms with Crippen molar-refractivity contribution in [3.8, 4) is 0 Å². The highest BCUT2D eigenvalue weighted by Crippen LogP contribution is 2.36. The van der Waals surface area contributed by atoms with E-state index in [9.17, 15) is 0 Å². The fourth-order valence-electron chi connectivity index (χ4n) is 6.23. The van der Waals surface area contributed by atoms with Crippen LogP contribution in [0.15, 0.2) is 24.3 Å². The molecule has 0 fully saturated rings. The minimum absolute atomic E-state index is 0.252. The Morgan fingerprint density at radius 2 is 0.971 bits per heavy atom. The van der Waals surface area contributed by atoms with Gasteiger partial charge in [0.25, 0.3) is 0 Å². The molecule has 2 rings (SSSR count). The molecule has 1 atom stereocenters. The fraction of sp³-hybridized carbons (Fsp3) is 0.581. The maximum atomic E-state index is 2.77. The van der Waals surface area contributed by atoms with E-state index >= 15 is 0 Å². The number of hydrogen-bond donors (Lipinski definition) is 0. The van der Waals surface area contributed by atoms with Crippen LogP contribution in [0.3, 0.4) is 0 Å². The van der Waals surface area contributed by atoms with E-state index in [0.717, 1.165) is 0 Å². The molecule has 2 aromatic rings. The summed E-state index contributed by atoms with van der Waals surface area (Å²) in [7, 11) is -0.663. The molecule has 0 radical (unpaired) electrons. The summed E-state index contributed by atoms with van der Waals surface area (Å²) in [6.07, 6.45) is 0. The standard InChI is InChI=1S/C31H51BN2P/c1-20(2)33(21(3)4)32(30-26(11)15-24(9)16-27(30)12)19-35(34(22(5)6)23(7)8)31-28(13)17-25(10)18-29(31)14/h15-23H,1-14H3/q+1. The number of hydrogen-bond acceptors (Lipinski definition) is 2. The SMILES string of the molecule is Cc1cc(C)c(B(/C=[P+](/c2c(C)cc(C)cc2C)N(C(C)C)C(C)C)N(C(C)C)C(C)C)c(C)c1. The summed E-state index contributed by atoms with van der Waals surface area (Å²) < 4.78 is 2.77. The average Bonchev–Trinajstić information content (AvgIpc) is 2.64. The molecule has 0 aliphatic rings. The van der Waals surface area contributed by atoms with Crippen LogP contribution in [-0.2, 0) is 0 Å². The molecule has 2 nitrogen and oxygen atoms in total. The van der Waals surface area contributed by atoms with Crippen molar-refractivity contribution in [2.24, 2.45) is 0 Å². The quantitative estimate of drug-likeness (QED) is 0.273. The molecule has 0 spiro atoms. The van der Waals surface area contributed by atoms with Gasteiger partial charge in [0, 0.05) is 23.2 Å². The molecular formula is C31H51BN2P+. The van der Waals surface area contributed by atoms with Gasteiger partial charge in [-0.2, -0.15) is 0 Å². The van der Waals surface area contributed by atoms with Gasteiger partial charge in [0.15, 0.2) is 5.30 Å². The first kappa shape index (κ1) is 29.8. The van der Waals surface area contributed by atoms with Gasteiger partial charge < -0.3 is 4.81 Å². The molecule has 0 amide bonds. The molecule has 0 aliphatic heterocycles. The zero-order valence-electron chi connectivity index (χ0n) is 25.1. The Morgan fingerprint density at radius 1 is 0.600 bits per heavy atom. The van der Waals surface area contributed by atoms with Crippen molar-refractivity contribution in [3.63, 3.8) is 0 Å². The lowest BCUT2D eigenvalue weighted by Crippen LogP contribution is -2.57. The molecule has 0 heterocycles.